The molecule has 1 amide bonds. The maximum atomic E-state index is 12.5. The highest BCUT2D eigenvalue weighted by Crippen LogP contribution is 2.15. The molecule has 0 aliphatic rings. The van der Waals surface area contributed by atoms with Crippen LogP contribution in [0.15, 0.2) is 49.1 Å². The van der Waals surface area contributed by atoms with Crippen LogP contribution < -0.4 is 0 Å². The molecule has 23 heavy (non-hydrogen) atoms. The maximum Gasteiger partial charge on any atom is 0.276 e. The number of carbonyl (C=O) groups excluding carboxylic acids is 1. The molecule has 0 N–H and O–H groups in total. The zero-order valence-electron chi connectivity index (χ0n) is 12.3. The van der Waals surface area contributed by atoms with Gasteiger partial charge in [0, 0.05) is 50.5 Å². The van der Waals surface area contributed by atoms with E-state index in [0.717, 1.165) is 5.56 Å². The highest BCUT2D eigenvalue weighted by atomic mass is 16.6. The van der Waals surface area contributed by atoms with Crippen molar-refractivity contribution in [2.75, 3.05) is 7.05 Å². The van der Waals surface area contributed by atoms with E-state index in [1.807, 2.05) is 0 Å². The largest absolute Gasteiger partial charge is 0.336 e. The Morgan fingerprint density at radius 2 is 1.87 bits per heavy atom. The normalized spacial score (nSPS) is 10.7. The van der Waals surface area contributed by atoms with E-state index in [9.17, 15) is 14.9 Å². The molecule has 0 saturated carbocycles. The molecule has 0 radical (unpaired) electrons. The molecule has 2 heterocycles. The summed E-state index contributed by atoms with van der Waals surface area (Å²) >= 11 is 0. The molecule has 0 unspecified atom stereocenters. The Balaban J connectivity index is 1.80. The van der Waals surface area contributed by atoms with Gasteiger partial charge >= 0.3 is 0 Å². The molecule has 0 aliphatic heterocycles. The Kier molecular flexibility index (Phi) is 3.71. The van der Waals surface area contributed by atoms with E-state index in [2.05, 4.69) is 9.97 Å². The van der Waals surface area contributed by atoms with Crippen LogP contribution in [0, 0.1) is 10.1 Å². The Morgan fingerprint density at radius 3 is 2.52 bits per heavy atom. The molecule has 3 rings (SSSR count). The zero-order valence-corrected chi connectivity index (χ0v) is 12.3. The molecular weight excluding hydrogens is 298 g/mol. The minimum absolute atomic E-state index is 0.0200. The van der Waals surface area contributed by atoms with Crippen LogP contribution in [-0.2, 0) is 6.54 Å². The maximum absolute atomic E-state index is 12.5. The third-order valence-electron chi connectivity index (χ3n) is 3.43. The van der Waals surface area contributed by atoms with Gasteiger partial charge in [-0.15, -0.1) is 0 Å². The number of carbonyl (C=O) groups is 1. The van der Waals surface area contributed by atoms with Gasteiger partial charge in [-0.3, -0.25) is 14.9 Å². The number of rotatable bonds is 4. The minimum Gasteiger partial charge on any atom is -0.336 e. The number of hydrogen-bond acceptors (Lipinski definition) is 5. The quantitative estimate of drug-likeness (QED) is 0.542. The minimum atomic E-state index is -0.457. The van der Waals surface area contributed by atoms with Crippen molar-refractivity contribution in [2.24, 2.45) is 0 Å². The summed E-state index contributed by atoms with van der Waals surface area (Å²) in [5.41, 5.74) is 1.57. The van der Waals surface area contributed by atoms with Gasteiger partial charge in [0.15, 0.2) is 11.3 Å². The topological polar surface area (TPSA) is 93.6 Å². The number of nitrogens with zero attached hydrogens (tertiary/aromatic N) is 5. The SMILES string of the molecule is CN(Cc1ccc([N+](=O)[O-])cc1)C(=O)c1nccn2ccnc12. The van der Waals surface area contributed by atoms with Crippen molar-refractivity contribution in [1.82, 2.24) is 19.3 Å². The average molecular weight is 311 g/mol. The van der Waals surface area contributed by atoms with Gasteiger partial charge in [-0.2, -0.15) is 0 Å². The molecule has 8 nitrogen and oxygen atoms in total. The van der Waals surface area contributed by atoms with Gasteiger partial charge in [0.05, 0.1) is 4.92 Å². The first-order valence-electron chi connectivity index (χ1n) is 6.83. The lowest BCUT2D eigenvalue weighted by Crippen LogP contribution is -2.27. The lowest BCUT2D eigenvalue weighted by molar-refractivity contribution is -0.384. The summed E-state index contributed by atoms with van der Waals surface area (Å²) in [7, 11) is 1.65. The summed E-state index contributed by atoms with van der Waals surface area (Å²) < 4.78 is 1.72. The summed E-state index contributed by atoms with van der Waals surface area (Å²) in [6, 6.07) is 6.10. The van der Waals surface area contributed by atoms with Crippen molar-refractivity contribution < 1.29 is 9.72 Å². The Morgan fingerprint density at radius 1 is 1.22 bits per heavy atom. The van der Waals surface area contributed by atoms with Crippen LogP contribution in [0.2, 0.25) is 0 Å². The van der Waals surface area contributed by atoms with E-state index in [1.54, 1.807) is 48.4 Å². The van der Waals surface area contributed by atoms with Crippen molar-refractivity contribution in [3.63, 3.8) is 0 Å². The van der Waals surface area contributed by atoms with E-state index in [0.29, 0.717) is 12.2 Å². The molecule has 0 saturated heterocycles. The van der Waals surface area contributed by atoms with Gasteiger partial charge in [-0.1, -0.05) is 12.1 Å². The smallest absolute Gasteiger partial charge is 0.276 e. The molecule has 3 aromatic rings. The number of non-ortho nitro benzene ring substituents is 1. The van der Waals surface area contributed by atoms with E-state index >= 15 is 0 Å². The second-order valence-electron chi connectivity index (χ2n) is 5.02. The summed E-state index contributed by atoms with van der Waals surface area (Å²) in [4.78, 5) is 32.5. The van der Waals surface area contributed by atoms with E-state index < -0.39 is 4.92 Å². The van der Waals surface area contributed by atoms with Gasteiger partial charge in [-0.25, -0.2) is 9.97 Å². The third kappa shape index (κ3) is 2.86. The highest BCUT2D eigenvalue weighted by molar-refractivity contribution is 5.97. The lowest BCUT2D eigenvalue weighted by atomic mass is 10.2. The first-order valence-corrected chi connectivity index (χ1v) is 6.83. The van der Waals surface area contributed by atoms with E-state index in [4.69, 9.17) is 0 Å². The van der Waals surface area contributed by atoms with Crippen LogP contribution in [0.3, 0.4) is 0 Å². The fourth-order valence-corrected chi connectivity index (χ4v) is 2.25. The summed E-state index contributed by atoms with van der Waals surface area (Å²) in [5.74, 6) is -0.264. The van der Waals surface area contributed by atoms with Crippen LogP contribution in [0.4, 0.5) is 5.69 Å². The molecule has 8 heteroatoms. The molecule has 116 valence electrons. The Bertz CT molecular complexity index is 872. The first-order chi connectivity index (χ1) is 11.1. The van der Waals surface area contributed by atoms with Crippen molar-refractivity contribution in [3.8, 4) is 0 Å². The van der Waals surface area contributed by atoms with Crippen LogP contribution >= 0.6 is 0 Å². The number of imidazole rings is 1. The monoisotopic (exact) mass is 311 g/mol. The number of aromatic nitrogens is 3. The number of hydrogen-bond donors (Lipinski definition) is 0. The number of nitro benzene ring substituents is 1. The Labute approximate surface area is 131 Å². The number of amides is 1. The van der Waals surface area contributed by atoms with Gasteiger partial charge in [0.2, 0.25) is 0 Å². The van der Waals surface area contributed by atoms with Gasteiger partial charge in [0.1, 0.15) is 0 Å². The van der Waals surface area contributed by atoms with Crippen LogP contribution in [0.5, 0.6) is 0 Å². The molecule has 2 aromatic heterocycles. The number of nitro groups is 1. The summed E-state index contributed by atoms with van der Waals surface area (Å²) in [6.07, 6.45) is 6.60. The molecule has 0 aliphatic carbocycles. The van der Waals surface area contributed by atoms with Gasteiger partial charge in [-0.05, 0) is 5.56 Å². The van der Waals surface area contributed by atoms with Gasteiger partial charge < -0.3 is 9.30 Å². The zero-order chi connectivity index (χ0) is 16.4. The molecule has 0 fully saturated rings. The first kappa shape index (κ1) is 14.6. The fraction of sp³-hybridized carbons (Fsp3) is 0.133. The predicted molar refractivity (Wildman–Crippen MR) is 81.9 cm³/mol. The molecule has 1 aromatic carbocycles. The Hall–Kier alpha value is -3.29. The second kappa shape index (κ2) is 5.84. The molecule has 0 atom stereocenters. The molecule has 0 bridgehead atoms. The van der Waals surface area contributed by atoms with Crippen LogP contribution in [-0.4, -0.2) is 37.1 Å². The van der Waals surface area contributed by atoms with Crippen molar-refractivity contribution in [2.45, 2.75) is 6.54 Å². The van der Waals surface area contributed by atoms with Crippen molar-refractivity contribution >= 4 is 17.2 Å². The predicted octanol–water partition coefficient (Wildman–Crippen LogP) is 1.91. The fourth-order valence-electron chi connectivity index (χ4n) is 2.25. The third-order valence-corrected chi connectivity index (χ3v) is 3.43. The average Bonchev–Trinajstić information content (AvgIpc) is 3.03. The number of benzene rings is 1. The summed E-state index contributed by atoms with van der Waals surface area (Å²) in [6.45, 7) is 0.320. The highest BCUT2D eigenvalue weighted by Gasteiger charge is 2.18. The van der Waals surface area contributed by atoms with Crippen molar-refractivity contribution in [3.05, 3.63) is 70.4 Å². The molecular formula is C15H13N5O3. The molecule has 0 spiro atoms. The van der Waals surface area contributed by atoms with Crippen LogP contribution in [0.25, 0.3) is 5.65 Å². The second-order valence-corrected chi connectivity index (χ2v) is 5.02. The van der Waals surface area contributed by atoms with Gasteiger partial charge in [0.25, 0.3) is 11.6 Å². The lowest BCUT2D eigenvalue weighted by Gasteiger charge is -2.17. The standard InChI is InChI=1S/C15H13N5O3/c1-18(10-11-2-4-12(5-3-11)20(22)23)15(21)13-14-17-7-9-19(14)8-6-16-13/h2-9H,10H2,1H3. The van der Waals surface area contributed by atoms with Crippen LogP contribution in [0.1, 0.15) is 16.1 Å². The van der Waals surface area contributed by atoms with E-state index in [-0.39, 0.29) is 17.3 Å². The summed E-state index contributed by atoms with van der Waals surface area (Å²) in [5, 5.41) is 10.7. The number of fused-ring (bicyclic) bond motifs is 1. The van der Waals surface area contributed by atoms with E-state index in [1.165, 1.54) is 17.0 Å². The van der Waals surface area contributed by atoms with Crippen molar-refractivity contribution in [1.29, 1.82) is 0 Å².